The Morgan fingerprint density at radius 2 is 1.73 bits per heavy atom. The SMILES string of the molecule is COc1cc(OC)c(F)c(C(=O)c2cc3cc(Nc4c([N+](=O)[O-])cccc4C(F)(F)F)ncc3o2)c1F. The average molecular weight is 523 g/mol. The standard InChI is InChI=1S/C23H14F5N3O6/c1-35-13-8-14(36-2)20(25)18(19(13)24)22(32)15-6-10-7-17(29-9-16(10)37-15)30-21-11(23(26,27)28)4-3-5-12(21)31(33)34/h3-9H,1-2H3,(H,29,30). The van der Waals surface area contributed by atoms with Crippen molar-refractivity contribution < 1.29 is 45.6 Å². The van der Waals surface area contributed by atoms with E-state index in [1.165, 1.54) is 0 Å². The van der Waals surface area contributed by atoms with E-state index in [4.69, 9.17) is 13.9 Å². The molecule has 0 unspecified atom stereocenters. The van der Waals surface area contributed by atoms with Gasteiger partial charge < -0.3 is 19.2 Å². The molecule has 2 aromatic carbocycles. The number of hydrogen-bond acceptors (Lipinski definition) is 8. The number of aromatic nitrogens is 1. The van der Waals surface area contributed by atoms with E-state index >= 15 is 0 Å². The minimum absolute atomic E-state index is 0.0526. The monoisotopic (exact) mass is 523 g/mol. The largest absolute Gasteiger partial charge is 0.494 e. The van der Waals surface area contributed by atoms with E-state index in [2.05, 4.69) is 10.3 Å². The zero-order valence-electron chi connectivity index (χ0n) is 18.8. The van der Waals surface area contributed by atoms with Gasteiger partial charge in [-0.15, -0.1) is 0 Å². The molecule has 0 aliphatic carbocycles. The normalized spacial score (nSPS) is 11.4. The zero-order valence-corrected chi connectivity index (χ0v) is 18.8. The third-order valence-electron chi connectivity index (χ3n) is 5.23. The van der Waals surface area contributed by atoms with Crippen LogP contribution >= 0.6 is 0 Å². The number of halogens is 5. The number of para-hydroxylation sites is 1. The molecule has 2 heterocycles. The first kappa shape index (κ1) is 25.3. The Bertz CT molecular complexity index is 1520. The number of rotatable bonds is 7. The second kappa shape index (κ2) is 9.37. The minimum atomic E-state index is -4.92. The maximum Gasteiger partial charge on any atom is 0.418 e. The van der Waals surface area contributed by atoms with Crippen molar-refractivity contribution >= 4 is 33.9 Å². The molecule has 1 N–H and O–H groups in total. The van der Waals surface area contributed by atoms with Crippen molar-refractivity contribution in [3.05, 3.63) is 81.2 Å². The van der Waals surface area contributed by atoms with Crippen LogP contribution in [0.2, 0.25) is 0 Å². The van der Waals surface area contributed by atoms with Crippen molar-refractivity contribution in [2.24, 2.45) is 0 Å². The Kier molecular flexibility index (Phi) is 6.42. The van der Waals surface area contributed by atoms with E-state index in [-0.39, 0.29) is 16.8 Å². The number of carbonyl (C=O) groups excluding carboxylic acids is 1. The zero-order chi connectivity index (χ0) is 27.1. The Morgan fingerprint density at radius 3 is 2.30 bits per heavy atom. The predicted molar refractivity (Wildman–Crippen MR) is 118 cm³/mol. The van der Waals surface area contributed by atoms with Crippen LogP contribution in [0.15, 0.2) is 47.0 Å². The van der Waals surface area contributed by atoms with Crippen LogP contribution in [0.1, 0.15) is 21.7 Å². The number of carbonyl (C=O) groups is 1. The molecule has 37 heavy (non-hydrogen) atoms. The number of benzene rings is 2. The van der Waals surface area contributed by atoms with Gasteiger partial charge in [-0.05, 0) is 18.2 Å². The fraction of sp³-hybridized carbons (Fsp3) is 0.130. The summed E-state index contributed by atoms with van der Waals surface area (Å²) in [5.74, 6) is -5.52. The Labute approximate surface area is 203 Å². The molecule has 0 atom stereocenters. The van der Waals surface area contributed by atoms with E-state index in [0.717, 1.165) is 50.7 Å². The number of nitro groups is 1. The van der Waals surface area contributed by atoms with Crippen LogP contribution in [0.3, 0.4) is 0 Å². The molecule has 4 aromatic rings. The molecular formula is C23H14F5N3O6. The summed E-state index contributed by atoms with van der Waals surface area (Å²) in [6.45, 7) is 0. The number of furan rings is 1. The van der Waals surface area contributed by atoms with E-state index in [9.17, 15) is 36.9 Å². The number of alkyl halides is 3. The molecule has 0 spiro atoms. The molecule has 192 valence electrons. The van der Waals surface area contributed by atoms with Gasteiger partial charge in [0.1, 0.15) is 17.1 Å². The van der Waals surface area contributed by atoms with Gasteiger partial charge in [-0.25, -0.2) is 13.8 Å². The van der Waals surface area contributed by atoms with Crippen molar-refractivity contribution in [1.82, 2.24) is 4.98 Å². The molecule has 4 rings (SSSR count). The maximum atomic E-state index is 14.7. The first-order valence-corrected chi connectivity index (χ1v) is 10.1. The topological polar surface area (TPSA) is 117 Å². The lowest BCUT2D eigenvalue weighted by Crippen LogP contribution is -2.11. The Hall–Kier alpha value is -4.75. The highest BCUT2D eigenvalue weighted by atomic mass is 19.4. The van der Waals surface area contributed by atoms with Crippen molar-refractivity contribution in [3.63, 3.8) is 0 Å². The number of ether oxygens (including phenoxy) is 2. The highest BCUT2D eigenvalue weighted by molar-refractivity contribution is 6.10. The van der Waals surface area contributed by atoms with Crippen LogP contribution in [0.5, 0.6) is 11.5 Å². The molecule has 0 bridgehead atoms. The van der Waals surface area contributed by atoms with Gasteiger partial charge in [0.15, 0.2) is 34.5 Å². The number of methoxy groups -OCH3 is 2. The first-order valence-electron chi connectivity index (χ1n) is 10.1. The molecule has 0 saturated heterocycles. The average Bonchev–Trinajstić information content (AvgIpc) is 3.27. The van der Waals surface area contributed by atoms with Gasteiger partial charge in [0, 0.05) is 17.5 Å². The number of ketones is 1. The lowest BCUT2D eigenvalue weighted by atomic mass is 10.1. The molecular weight excluding hydrogens is 509 g/mol. The molecule has 0 amide bonds. The van der Waals surface area contributed by atoms with Gasteiger partial charge in [0.2, 0.25) is 5.78 Å². The van der Waals surface area contributed by atoms with Gasteiger partial charge >= 0.3 is 6.18 Å². The fourth-order valence-electron chi connectivity index (χ4n) is 3.52. The van der Waals surface area contributed by atoms with E-state index in [0.29, 0.717) is 6.07 Å². The molecule has 0 saturated carbocycles. The fourth-order valence-corrected chi connectivity index (χ4v) is 3.52. The van der Waals surface area contributed by atoms with Crippen molar-refractivity contribution in [2.45, 2.75) is 6.18 Å². The van der Waals surface area contributed by atoms with Crippen LogP contribution < -0.4 is 14.8 Å². The van der Waals surface area contributed by atoms with Crippen LogP contribution in [0.25, 0.3) is 11.0 Å². The van der Waals surface area contributed by atoms with Crippen LogP contribution in [-0.2, 0) is 6.18 Å². The van der Waals surface area contributed by atoms with E-state index < -0.39 is 68.3 Å². The van der Waals surface area contributed by atoms with Crippen molar-refractivity contribution in [3.8, 4) is 11.5 Å². The summed E-state index contributed by atoms with van der Waals surface area (Å²) in [5, 5.41) is 13.7. The Morgan fingerprint density at radius 1 is 1.08 bits per heavy atom. The van der Waals surface area contributed by atoms with E-state index in [1.807, 2.05) is 0 Å². The smallest absolute Gasteiger partial charge is 0.418 e. The third-order valence-corrected chi connectivity index (χ3v) is 5.23. The Balaban J connectivity index is 1.76. The summed E-state index contributed by atoms with van der Waals surface area (Å²) in [5.41, 5.74) is -4.07. The van der Waals surface area contributed by atoms with Gasteiger partial charge in [0.05, 0.1) is 30.9 Å². The molecule has 0 fully saturated rings. The summed E-state index contributed by atoms with van der Waals surface area (Å²) in [4.78, 5) is 27.1. The van der Waals surface area contributed by atoms with Crippen LogP contribution in [-0.4, -0.2) is 29.9 Å². The summed E-state index contributed by atoms with van der Waals surface area (Å²) in [6, 6.07) is 5.58. The maximum absolute atomic E-state index is 14.7. The van der Waals surface area contributed by atoms with Gasteiger partial charge in [-0.3, -0.25) is 14.9 Å². The molecule has 2 aromatic heterocycles. The van der Waals surface area contributed by atoms with Crippen LogP contribution in [0, 0.1) is 21.7 Å². The quantitative estimate of drug-likeness (QED) is 0.135. The van der Waals surface area contributed by atoms with Gasteiger partial charge in [-0.1, -0.05) is 6.07 Å². The summed E-state index contributed by atoms with van der Waals surface area (Å²) in [7, 11) is 2.21. The highest BCUT2D eigenvalue weighted by Gasteiger charge is 2.37. The number of pyridine rings is 1. The molecule has 0 aliphatic heterocycles. The second-order valence-electron chi connectivity index (χ2n) is 7.41. The molecule has 0 aliphatic rings. The number of anilines is 2. The van der Waals surface area contributed by atoms with Gasteiger partial charge in [0.25, 0.3) is 5.69 Å². The molecule has 9 nitrogen and oxygen atoms in total. The molecule has 0 radical (unpaired) electrons. The third kappa shape index (κ3) is 4.60. The predicted octanol–water partition coefficient (Wildman–Crippen LogP) is 6.02. The highest BCUT2D eigenvalue weighted by Crippen LogP contribution is 2.41. The summed E-state index contributed by atoms with van der Waals surface area (Å²) in [6.07, 6.45) is -3.89. The number of fused-ring (bicyclic) bond motifs is 1. The number of nitrogens with zero attached hydrogens (tertiary/aromatic N) is 2. The lowest BCUT2D eigenvalue weighted by molar-refractivity contribution is -0.384. The second-order valence-corrected chi connectivity index (χ2v) is 7.41. The van der Waals surface area contributed by atoms with Crippen molar-refractivity contribution in [1.29, 1.82) is 0 Å². The first-order chi connectivity index (χ1) is 17.5. The number of nitrogens with one attached hydrogen (secondary N) is 1. The lowest BCUT2D eigenvalue weighted by Gasteiger charge is -2.14. The summed E-state index contributed by atoms with van der Waals surface area (Å²) < 4.78 is 84.8. The minimum Gasteiger partial charge on any atom is -0.494 e. The van der Waals surface area contributed by atoms with Gasteiger partial charge in [-0.2, -0.15) is 13.2 Å². The van der Waals surface area contributed by atoms with Crippen molar-refractivity contribution in [2.75, 3.05) is 19.5 Å². The van der Waals surface area contributed by atoms with Crippen LogP contribution in [0.4, 0.5) is 39.1 Å². The number of nitro benzene ring substituents is 1. The summed E-state index contributed by atoms with van der Waals surface area (Å²) >= 11 is 0. The van der Waals surface area contributed by atoms with E-state index in [1.54, 1.807) is 0 Å². The number of hydrogen-bond donors (Lipinski definition) is 1. The molecule has 14 heteroatoms.